The van der Waals surface area contributed by atoms with E-state index in [0.29, 0.717) is 0 Å². The smallest absolute Gasteiger partial charge is 0.105 e. The Morgan fingerprint density at radius 1 is 1.22 bits per heavy atom. The van der Waals surface area contributed by atoms with Crippen LogP contribution in [0.25, 0.3) is 0 Å². The number of nitrogens with zero attached hydrogens (tertiary/aromatic N) is 1. The van der Waals surface area contributed by atoms with Crippen molar-refractivity contribution in [2.24, 2.45) is 5.73 Å². The molecule has 0 saturated heterocycles. The molecular weight excluding hydrogens is 224 g/mol. The summed E-state index contributed by atoms with van der Waals surface area (Å²) >= 11 is 0. The zero-order valence-corrected chi connectivity index (χ0v) is 11.0. The highest BCUT2D eigenvalue weighted by molar-refractivity contribution is 5.19. The first-order valence-corrected chi connectivity index (χ1v) is 6.19. The topological polar surface area (TPSA) is 42.4 Å². The van der Waals surface area contributed by atoms with Crippen molar-refractivity contribution in [1.82, 2.24) is 4.90 Å². The second kappa shape index (κ2) is 5.85. The van der Waals surface area contributed by atoms with Crippen LogP contribution in [0, 0.1) is 6.92 Å². The molecule has 0 aliphatic heterocycles. The van der Waals surface area contributed by atoms with Gasteiger partial charge in [0, 0.05) is 24.7 Å². The second-order valence-corrected chi connectivity index (χ2v) is 4.72. The van der Waals surface area contributed by atoms with E-state index in [2.05, 4.69) is 24.1 Å². The molecule has 1 atom stereocenters. The van der Waals surface area contributed by atoms with Crippen molar-refractivity contribution >= 4 is 0 Å². The van der Waals surface area contributed by atoms with E-state index in [1.807, 2.05) is 31.2 Å². The molecule has 1 aromatic heterocycles. The molecular formula is C15H20N2O. The molecule has 1 aromatic carbocycles. The predicted octanol–water partition coefficient (Wildman–Crippen LogP) is 2.72. The first kappa shape index (κ1) is 12.9. The fourth-order valence-electron chi connectivity index (χ4n) is 2.07. The first-order valence-electron chi connectivity index (χ1n) is 6.19. The highest BCUT2D eigenvalue weighted by Crippen LogP contribution is 2.14. The molecule has 2 rings (SSSR count). The minimum absolute atomic E-state index is 0.0448. The van der Waals surface area contributed by atoms with E-state index in [0.717, 1.165) is 18.8 Å². The number of furan rings is 1. The van der Waals surface area contributed by atoms with Crippen LogP contribution in [0.4, 0.5) is 0 Å². The summed E-state index contributed by atoms with van der Waals surface area (Å²) in [5, 5.41) is 0. The van der Waals surface area contributed by atoms with Crippen molar-refractivity contribution in [2.75, 3.05) is 13.6 Å². The summed E-state index contributed by atoms with van der Waals surface area (Å²) in [5.41, 5.74) is 8.59. The van der Waals surface area contributed by atoms with Gasteiger partial charge in [0.25, 0.3) is 0 Å². The van der Waals surface area contributed by atoms with Crippen LogP contribution >= 0.6 is 0 Å². The average molecular weight is 244 g/mol. The summed E-state index contributed by atoms with van der Waals surface area (Å²) in [5.74, 6) is 0.982. The van der Waals surface area contributed by atoms with Crippen LogP contribution in [0.2, 0.25) is 0 Å². The lowest BCUT2D eigenvalue weighted by Crippen LogP contribution is -2.28. The van der Waals surface area contributed by atoms with Crippen molar-refractivity contribution in [3.63, 3.8) is 0 Å². The Morgan fingerprint density at radius 3 is 2.56 bits per heavy atom. The van der Waals surface area contributed by atoms with Crippen LogP contribution in [0.5, 0.6) is 0 Å². The van der Waals surface area contributed by atoms with Gasteiger partial charge in [-0.3, -0.25) is 0 Å². The van der Waals surface area contributed by atoms with Crippen LogP contribution in [0.15, 0.2) is 47.1 Å². The van der Waals surface area contributed by atoms with Gasteiger partial charge in [0.05, 0.1) is 6.26 Å². The maximum Gasteiger partial charge on any atom is 0.105 e. The average Bonchev–Trinajstić information content (AvgIpc) is 2.76. The molecule has 0 spiro atoms. The third kappa shape index (κ3) is 3.22. The van der Waals surface area contributed by atoms with Crippen LogP contribution in [0.1, 0.15) is 22.9 Å². The normalized spacial score (nSPS) is 12.9. The number of hydrogen-bond acceptors (Lipinski definition) is 3. The molecule has 0 amide bonds. The Labute approximate surface area is 108 Å². The van der Waals surface area contributed by atoms with E-state index in [4.69, 9.17) is 10.2 Å². The first-order chi connectivity index (χ1) is 8.66. The van der Waals surface area contributed by atoms with Crippen LogP contribution in [0.3, 0.4) is 0 Å². The fourth-order valence-corrected chi connectivity index (χ4v) is 2.07. The molecule has 0 fully saturated rings. The zero-order valence-electron chi connectivity index (χ0n) is 11.0. The Balaban J connectivity index is 1.92. The van der Waals surface area contributed by atoms with E-state index in [1.165, 1.54) is 11.1 Å². The number of nitrogens with two attached hydrogens (primary N) is 1. The monoisotopic (exact) mass is 244 g/mol. The molecule has 3 nitrogen and oxygen atoms in total. The summed E-state index contributed by atoms with van der Waals surface area (Å²) in [7, 11) is 2.08. The molecule has 3 heteroatoms. The molecule has 2 N–H and O–H groups in total. The number of hydrogen-bond donors (Lipinski definition) is 1. The van der Waals surface area contributed by atoms with Crippen LogP contribution in [-0.2, 0) is 6.54 Å². The van der Waals surface area contributed by atoms with E-state index >= 15 is 0 Å². The van der Waals surface area contributed by atoms with E-state index in [-0.39, 0.29) is 6.04 Å². The molecule has 0 bridgehead atoms. The Hall–Kier alpha value is -1.58. The predicted molar refractivity (Wildman–Crippen MR) is 73.1 cm³/mol. The van der Waals surface area contributed by atoms with Gasteiger partial charge in [0.1, 0.15) is 5.76 Å². The molecule has 0 aliphatic rings. The summed E-state index contributed by atoms with van der Waals surface area (Å²) in [4.78, 5) is 2.22. The number of rotatable bonds is 5. The van der Waals surface area contributed by atoms with Gasteiger partial charge in [-0.25, -0.2) is 0 Å². The lowest BCUT2D eigenvalue weighted by atomic mass is 10.1. The van der Waals surface area contributed by atoms with E-state index in [1.54, 1.807) is 6.26 Å². The van der Waals surface area contributed by atoms with Crippen LogP contribution < -0.4 is 5.73 Å². The van der Waals surface area contributed by atoms with Crippen molar-refractivity contribution in [3.05, 3.63) is 59.5 Å². The lowest BCUT2D eigenvalue weighted by Gasteiger charge is -2.21. The summed E-state index contributed by atoms with van der Waals surface area (Å²) < 4.78 is 5.30. The van der Waals surface area contributed by atoms with Crippen molar-refractivity contribution in [1.29, 1.82) is 0 Å². The van der Waals surface area contributed by atoms with Gasteiger partial charge in [0.2, 0.25) is 0 Å². The Kier molecular flexibility index (Phi) is 4.18. The highest BCUT2D eigenvalue weighted by Gasteiger charge is 2.11. The van der Waals surface area contributed by atoms with Crippen molar-refractivity contribution in [2.45, 2.75) is 19.5 Å². The van der Waals surface area contributed by atoms with Crippen molar-refractivity contribution in [3.8, 4) is 0 Å². The Bertz CT molecular complexity index is 478. The number of benzene rings is 1. The molecule has 0 saturated carbocycles. The van der Waals surface area contributed by atoms with Gasteiger partial charge in [-0.2, -0.15) is 0 Å². The molecule has 96 valence electrons. The highest BCUT2D eigenvalue weighted by atomic mass is 16.3. The van der Waals surface area contributed by atoms with Crippen LogP contribution in [-0.4, -0.2) is 18.5 Å². The standard InChI is InChI=1S/C15H20N2O/c1-12-14(8-9-18-12)10-17(2)11-15(16)13-6-4-3-5-7-13/h3-9,15H,10-11,16H2,1-2H3/t15-/m1/s1. The third-order valence-electron chi connectivity index (χ3n) is 3.14. The zero-order chi connectivity index (χ0) is 13.0. The third-order valence-corrected chi connectivity index (χ3v) is 3.14. The van der Waals surface area contributed by atoms with Gasteiger partial charge in [-0.15, -0.1) is 0 Å². The summed E-state index contributed by atoms with van der Waals surface area (Å²) in [6.07, 6.45) is 1.73. The molecule has 2 aromatic rings. The molecule has 0 unspecified atom stereocenters. The molecule has 1 heterocycles. The second-order valence-electron chi connectivity index (χ2n) is 4.72. The van der Waals surface area contributed by atoms with Gasteiger partial charge in [0.15, 0.2) is 0 Å². The van der Waals surface area contributed by atoms with E-state index < -0.39 is 0 Å². The Morgan fingerprint density at radius 2 is 1.94 bits per heavy atom. The van der Waals surface area contributed by atoms with E-state index in [9.17, 15) is 0 Å². The summed E-state index contributed by atoms with van der Waals surface area (Å²) in [6.45, 7) is 3.68. The maximum atomic E-state index is 6.20. The largest absolute Gasteiger partial charge is 0.469 e. The number of aryl methyl sites for hydroxylation is 1. The SMILES string of the molecule is Cc1occc1CN(C)C[C@@H](N)c1ccccc1. The van der Waals surface area contributed by atoms with Gasteiger partial charge >= 0.3 is 0 Å². The van der Waals surface area contributed by atoms with Crippen molar-refractivity contribution < 1.29 is 4.42 Å². The van der Waals surface area contributed by atoms with Gasteiger partial charge < -0.3 is 15.1 Å². The molecule has 18 heavy (non-hydrogen) atoms. The van der Waals surface area contributed by atoms with Gasteiger partial charge in [-0.05, 0) is 25.6 Å². The number of likely N-dealkylation sites (N-methyl/N-ethyl adjacent to an activating group) is 1. The fraction of sp³-hybridized carbons (Fsp3) is 0.333. The minimum Gasteiger partial charge on any atom is -0.469 e. The minimum atomic E-state index is 0.0448. The van der Waals surface area contributed by atoms with Gasteiger partial charge in [-0.1, -0.05) is 30.3 Å². The lowest BCUT2D eigenvalue weighted by molar-refractivity contribution is 0.303. The summed E-state index contributed by atoms with van der Waals surface area (Å²) in [6, 6.07) is 12.3. The molecule has 0 radical (unpaired) electrons. The molecule has 0 aliphatic carbocycles. The quantitative estimate of drug-likeness (QED) is 0.879. The maximum absolute atomic E-state index is 6.20.